The molecule has 0 amide bonds. The largest absolute Gasteiger partial charge is 0.488 e. The Labute approximate surface area is 150 Å². The Morgan fingerprint density at radius 3 is 2.73 bits per heavy atom. The van der Waals surface area contributed by atoms with Gasteiger partial charge in [0.2, 0.25) is 10.0 Å². The maximum atomic E-state index is 12.9. The van der Waals surface area contributed by atoms with Crippen LogP contribution < -0.4 is 4.74 Å². The minimum atomic E-state index is -3.64. The van der Waals surface area contributed by atoms with Crippen LogP contribution in [0.5, 0.6) is 5.75 Å². The topological polar surface area (TPSA) is 96.2 Å². The van der Waals surface area contributed by atoms with Crippen molar-refractivity contribution in [3.05, 3.63) is 60.6 Å². The van der Waals surface area contributed by atoms with Crippen molar-refractivity contribution in [3.63, 3.8) is 0 Å². The van der Waals surface area contributed by atoms with Gasteiger partial charge in [0, 0.05) is 23.8 Å². The van der Waals surface area contributed by atoms with Crippen LogP contribution in [-0.4, -0.2) is 41.9 Å². The minimum absolute atomic E-state index is 0.199. The summed E-state index contributed by atoms with van der Waals surface area (Å²) in [4.78, 5) is 8.30. The van der Waals surface area contributed by atoms with E-state index in [4.69, 9.17) is 10.00 Å². The fourth-order valence-corrected chi connectivity index (χ4v) is 4.50. The lowest BCUT2D eigenvalue weighted by Gasteiger charge is -2.37. The molecule has 0 spiro atoms. The minimum Gasteiger partial charge on any atom is -0.488 e. The van der Waals surface area contributed by atoms with E-state index < -0.39 is 10.0 Å². The third-order valence-electron chi connectivity index (χ3n) is 4.18. The van der Waals surface area contributed by atoms with E-state index in [0.717, 1.165) is 5.39 Å². The Hall–Kier alpha value is -3.02. The van der Waals surface area contributed by atoms with Gasteiger partial charge in [0.15, 0.2) is 0 Å². The maximum absolute atomic E-state index is 12.9. The van der Waals surface area contributed by atoms with Gasteiger partial charge in [-0.05, 0) is 18.2 Å². The molecule has 130 valence electrons. The lowest BCUT2D eigenvalue weighted by atomic mass is 10.2. The molecule has 1 fully saturated rings. The number of sulfonamides is 1. The second-order valence-corrected chi connectivity index (χ2v) is 7.79. The van der Waals surface area contributed by atoms with Gasteiger partial charge in [-0.3, -0.25) is 4.98 Å². The van der Waals surface area contributed by atoms with Gasteiger partial charge in [0.05, 0.1) is 18.6 Å². The summed E-state index contributed by atoms with van der Waals surface area (Å²) in [7, 11) is -3.64. The zero-order valence-corrected chi connectivity index (χ0v) is 14.4. The van der Waals surface area contributed by atoms with Crippen LogP contribution in [0, 0.1) is 11.3 Å². The number of fused-ring (bicyclic) bond motifs is 1. The standard InChI is InChI=1S/C18H14N4O3S/c19-10-14-9-15(6-8-20-14)25-16-11-22(12-16)26(23,24)17-5-1-3-13-4-2-7-21-18(13)17/h1-9,16H,11-12H2. The van der Waals surface area contributed by atoms with Crippen LogP contribution in [0.15, 0.2) is 59.8 Å². The molecule has 1 saturated heterocycles. The molecule has 0 N–H and O–H groups in total. The molecule has 0 unspecified atom stereocenters. The normalized spacial score (nSPS) is 15.3. The molecule has 1 aromatic carbocycles. The second-order valence-electron chi connectivity index (χ2n) is 5.88. The van der Waals surface area contributed by atoms with Crippen molar-refractivity contribution < 1.29 is 13.2 Å². The molecule has 3 heterocycles. The number of rotatable bonds is 4. The monoisotopic (exact) mass is 366 g/mol. The first-order valence-corrected chi connectivity index (χ1v) is 9.38. The molecule has 0 atom stereocenters. The molecular weight excluding hydrogens is 352 g/mol. The highest BCUT2D eigenvalue weighted by molar-refractivity contribution is 7.89. The Kier molecular flexibility index (Phi) is 4.03. The number of hydrogen-bond acceptors (Lipinski definition) is 6. The zero-order chi connectivity index (χ0) is 18.1. The Morgan fingerprint density at radius 2 is 1.92 bits per heavy atom. The van der Waals surface area contributed by atoms with E-state index in [0.29, 0.717) is 11.3 Å². The van der Waals surface area contributed by atoms with Crippen molar-refractivity contribution in [2.45, 2.75) is 11.0 Å². The first kappa shape index (κ1) is 16.4. The Morgan fingerprint density at radius 1 is 1.12 bits per heavy atom. The van der Waals surface area contributed by atoms with Gasteiger partial charge < -0.3 is 4.74 Å². The summed E-state index contributed by atoms with van der Waals surface area (Å²) in [6, 6.07) is 13.8. The molecule has 0 saturated carbocycles. The Balaban J connectivity index is 1.52. The highest BCUT2D eigenvalue weighted by Crippen LogP contribution is 2.28. The molecule has 8 heteroatoms. The van der Waals surface area contributed by atoms with Crippen LogP contribution in [0.1, 0.15) is 5.69 Å². The van der Waals surface area contributed by atoms with Crippen LogP contribution in [0.2, 0.25) is 0 Å². The summed E-state index contributed by atoms with van der Waals surface area (Å²) in [6.07, 6.45) is 2.81. The molecule has 4 rings (SSSR count). The van der Waals surface area contributed by atoms with Crippen molar-refractivity contribution in [2.75, 3.05) is 13.1 Å². The average Bonchev–Trinajstić information content (AvgIpc) is 2.63. The van der Waals surface area contributed by atoms with Gasteiger partial charge in [0.1, 0.15) is 28.5 Å². The van der Waals surface area contributed by atoms with E-state index in [1.807, 2.05) is 18.2 Å². The van der Waals surface area contributed by atoms with Crippen LogP contribution in [-0.2, 0) is 10.0 Å². The summed E-state index contributed by atoms with van der Waals surface area (Å²) >= 11 is 0. The third-order valence-corrected chi connectivity index (χ3v) is 6.04. The SMILES string of the molecule is N#Cc1cc(OC2CN(S(=O)(=O)c3cccc4cccnc34)C2)ccn1. The summed E-state index contributed by atoms with van der Waals surface area (Å²) in [5, 5.41) is 9.65. The smallest absolute Gasteiger partial charge is 0.245 e. The number of nitrogens with zero attached hydrogens (tertiary/aromatic N) is 4. The zero-order valence-electron chi connectivity index (χ0n) is 13.6. The van der Waals surface area contributed by atoms with Crippen molar-refractivity contribution in [1.29, 1.82) is 5.26 Å². The van der Waals surface area contributed by atoms with E-state index >= 15 is 0 Å². The van der Waals surface area contributed by atoms with Crippen LogP contribution >= 0.6 is 0 Å². The van der Waals surface area contributed by atoms with Gasteiger partial charge >= 0.3 is 0 Å². The first-order valence-electron chi connectivity index (χ1n) is 7.94. The van der Waals surface area contributed by atoms with Crippen molar-refractivity contribution in [2.24, 2.45) is 0 Å². The molecule has 0 bridgehead atoms. The predicted molar refractivity (Wildman–Crippen MR) is 93.9 cm³/mol. The third kappa shape index (κ3) is 2.87. The summed E-state index contributed by atoms with van der Waals surface area (Å²) in [5.74, 6) is 0.505. The number of benzene rings is 1. The van der Waals surface area contributed by atoms with Gasteiger partial charge in [0.25, 0.3) is 0 Å². The molecule has 7 nitrogen and oxygen atoms in total. The van der Waals surface area contributed by atoms with E-state index in [1.165, 1.54) is 16.6 Å². The fourth-order valence-electron chi connectivity index (χ4n) is 2.83. The molecule has 26 heavy (non-hydrogen) atoms. The lowest BCUT2D eigenvalue weighted by molar-refractivity contribution is 0.0761. The van der Waals surface area contributed by atoms with Gasteiger partial charge in [-0.1, -0.05) is 18.2 Å². The van der Waals surface area contributed by atoms with Gasteiger partial charge in [-0.2, -0.15) is 9.57 Å². The van der Waals surface area contributed by atoms with Crippen molar-refractivity contribution in [1.82, 2.24) is 14.3 Å². The number of pyridine rings is 2. The number of aromatic nitrogens is 2. The fraction of sp³-hybridized carbons (Fsp3) is 0.167. The molecule has 1 aliphatic rings. The summed E-state index contributed by atoms with van der Waals surface area (Å²) in [6.45, 7) is 0.492. The van der Waals surface area contributed by atoms with E-state index in [-0.39, 0.29) is 29.8 Å². The van der Waals surface area contributed by atoms with Crippen LogP contribution in [0.25, 0.3) is 10.9 Å². The van der Waals surface area contributed by atoms with Gasteiger partial charge in [-0.15, -0.1) is 0 Å². The molecule has 0 aliphatic carbocycles. The predicted octanol–water partition coefficient (Wildman–Crippen LogP) is 1.95. The Bertz CT molecular complexity index is 1110. The molecule has 0 radical (unpaired) electrons. The number of hydrogen-bond donors (Lipinski definition) is 0. The molecule has 1 aliphatic heterocycles. The van der Waals surface area contributed by atoms with Crippen LogP contribution in [0.3, 0.4) is 0 Å². The average molecular weight is 366 g/mol. The van der Waals surface area contributed by atoms with Crippen LogP contribution in [0.4, 0.5) is 0 Å². The molecule has 3 aromatic rings. The number of para-hydroxylation sites is 1. The maximum Gasteiger partial charge on any atom is 0.245 e. The van der Waals surface area contributed by atoms with Gasteiger partial charge in [-0.25, -0.2) is 13.4 Å². The first-order chi connectivity index (χ1) is 12.6. The van der Waals surface area contributed by atoms with E-state index in [1.54, 1.807) is 30.5 Å². The summed E-state index contributed by atoms with van der Waals surface area (Å²) < 4.78 is 32.9. The van der Waals surface area contributed by atoms with Crippen molar-refractivity contribution >= 4 is 20.9 Å². The van der Waals surface area contributed by atoms with Crippen molar-refractivity contribution in [3.8, 4) is 11.8 Å². The second kappa shape index (κ2) is 6.37. The molecule has 2 aromatic heterocycles. The number of nitriles is 1. The van der Waals surface area contributed by atoms with E-state index in [2.05, 4.69) is 9.97 Å². The van der Waals surface area contributed by atoms with E-state index in [9.17, 15) is 8.42 Å². The highest BCUT2D eigenvalue weighted by Gasteiger charge is 2.39. The quantitative estimate of drug-likeness (QED) is 0.700. The summed E-state index contributed by atoms with van der Waals surface area (Å²) in [5.41, 5.74) is 0.722. The lowest BCUT2D eigenvalue weighted by Crippen LogP contribution is -2.56. The molecular formula is C18H14N4O3S. The highest BCUT2D eigenvalue weighted by atomic mass is 32.2. The number of ether oxygens (including phenoxy) is 1.